The molecule has 0 bridgehead atoms. The number of para-hydroxylation sites is 1. The fourth-order valence-corrected chi connectivity index (χ4v) is 4.90. The number of aliphatic hydroxyl groups excluding tert-OH is 1. The number of aromatic nitrogens is 1. The Morgan fingerprint density at radius 3 is 2.06 bits per heavy atom. The summed E-state index contributed by atoms with van der Waals surface area (Å²) in [6.45, 7) is 10.8. The van der Waals surface area contributed by atoms with Crippen LogP contribution in [0.2, 0.25) is 0 Å². The molecular weight excluding hydrogens is 402 g/mol. The van der Waals surface area contributed by atoms with Gasteiger partial charge in [-0.3, -0.25) is 4.98 Å². The van der Waals surface area contributed by atoms with Gasteiger partial charge in [0.05, 0.1) is 0 Å². The molecule has 31 heavy (non-hydrogen) atoms. The number of rotatable bonds is 8. The topological polar surface area (TPSA) is 53.4 Å². The minimum atomic E-state index is 0.0492. The average Bonchev–Trinajstić information content (AvgIpc) is 2.73. The predicted octanol–water partition coefficient (Wildman–Crippen LogP) is 6.84. The van der Waals surface area contributed by atoms with Crippen LogP contribution in [0.4, 0.5) is 0 Å². The number of nitrogens with zero attached hydrogens (tertiary/aromatic N) is 1. The molecule has 0 saturated heterocycles. The van der Waals surface area contributed by atoms with E-state index < -0.39 is 0 Å². The van der Waals surface area contributed by atoms with Crippen LogP contribution in [0.5, 0.6) is 5.75 Å². The zero-order valence-electron chi connectivity index (χ0n) is 19.1. The smallest absolute Gasteiger partial charge is 0.123 e. The average molecular weight is 436 g/mol. The van der Waals surface area contributed by atoms with Gasteiger partial charge in [-0.15, -0.1) is 11.8 Å². The SMILES string of the molecule is Cc1ccc(SCc2c(C(C)C)nc(C(C)C)c(CCO)c2-c2ccccc2O)cc1. The summed E-state index contributed by atoms with van der Waals surface area (Å²) in [5, 5.41) is 20.6. The van der Waals surface area contributed by atoms with Crippen LogP contribution in [0.3, 0.4) is 0 Å². The quantitative estimate of drug-likeness (QED) is 0.380. The normalized spacial score (nSPS) is 11.5. The molecule has 3 nitrogen and oxygen atoms in total. The van der Waals surface area contributed by atoms with Gasteiger partial charge < -0.3 is 10.2 Å². The van der Waals surface area contributed by atoms with Crippen molar-refractivity contribution in [2.75, 3.05) is 6.61 Å². The Morgan fingerprint density at radius 1 is 0.871 bits per heavy atom. The summed E-state index contributed by atoms with van der Waals surface area (Å²) in [7, 11) is 0. The van der Waals surface area contributed by atoms with Crippen molar-refractivity contribution in [1.29, 1.82) is 0 Å². The van der Waals surface area contributed by atoms with Gasteiger partial charge in [0.15, 0.2) is 0 Å². The van der Waals surface area contributed by atoms with E-state index in [-0.39, 0.29) is 24.2 Å². The highest BCUT2D eigenvalue weighted by molar-refractivity contribution is 7.98. The second-order valence-electron chi connectivity index (χ2n) is 8.62. The maximum absolute atomic E-state index is 10.8. The molecule has 0 saturated carbocycles. The number of benzene rings is 2. The van der Waals surface area contributed by atoms with Gasteiger partial charge in [-0.05, 0) is 60.1 Å². The molecule has 0 radical (unpaired) electrons. The lowest BCUT2D eigenvalue weighted by atomic mass is 9.86. The van der Waals surface area contributed by atoms with Gasteiger partial charge in [-0.2, -0.15) is 0 Å². The number of hydrogen-bond donors (Lipinski definition) is 2. The zero-order chi connectivity index (χ0) is 22.5. The van der Waals surface area contributed by atoms with Gasteiger partial charge in [0, 0.05) is 34.2 Å². The summed E-state index contributed by atoms with van der Waals surface area (Å²) in [6, 6.07) is 16.1. The van der Waals surface area contributed by atoms with Crippen LogP contribution < -0.4 is 0 Å². The molecule has 0 fully saturated rings. The summed E-state index contributed by atoms with van der Waals surface area (Å²) in [6.07, 6.45) is 0.519. The van der Waals surface area contributed by atoms with Gasteiger partial charge in [-0.25, -0.2) is 0 Å². The monoisotopic (exact) mass is 435 g/mol. The van der Waals surface area contributed by atoms with Crippen LogP contribution in [-0.4, -0.2) is 21.8 Å². The molecule has 0 aliphatic carbocycles. The number of thioether (sulfide) groups is 1. The van der Waals surface area contributed by atoms with Crippen molar-refractivity contribution >= 4 is 11.8 Å². The molecule has 2 N–H and O–H groups in total. The minimum absolute atomic E-state index is 0.0492. The molecule has 0 spiro atoms. The third-order valence-corrected chi connectivity index (χ3v) is 6.53. The molecule has 4 heteroatoms. The molecule has 164 valence electrons. The number of aliphatic hydroxyl groups is 1. The van der Waals surface area contributed by atoms with Gasteiger partial charge in [0.2, 0.25) is 0 Å². The third-order valence-electron chi connectivity index (χ3n) is 5.50. The van der Waals surface area contributed by atoms with Crippen molar-refractivity contribution in [2.45, 2.75) is 63.5 Å². The first-order valence-corrected chi connectivity index (χ1v) is 12.0. The second-order valence-corrected chi connectivity index (χ2v) is 9.67. The highest BCUT2D eigenvalue weighted by Gasteiger charge is 2.24. The lowest BCUT2D eigenvalue weighted by Gasteiger charge is -2.25. The van der Waals surface area contributed by atoms with Crippen molar-refractivity contribution in [3.05, 3.63) is 76.6 Å². The van der Waals surface area contributed by atoms with E-state index >= 15 is 0 Å². The first kappa shape index (κ1) is 23.4. The number of phenolic OH excluding ortho intramolecular Hbond substituents is 1. The lowest BCUT2D eigenvalue weighted by molar-refractivity contribution is 0.299. The summed E-state index contributed by atoms with van der Waals surface area (Å²) in [4.78, 5) is 6.33. The van der Waals surface area contributed by atoms with Crippen molar-refractivity contribution in [3.63, 3.8) is 0 Å². The van der Waals surface area contributed by atoms with E-state index in [0.717, 1.165) is 39.4 Å². The van der Waals surface area contributed by atoms with E-state index in [0.29, 0.717) is 6.42 Å². The van der Waals surface area contributed by atoms with Crippen LogP contribution in [-0.2, 0) is 12.2 Å². The van der Waals surface area contributed by atoms with Crippen LogP contribution >= 0.6 is 11.8 Å². The highest BCUT2D eigenvalue weighted by atomic mass is 32.2. The number of hydrogen-bond acceptors (Lipinski definition) is 4. The number of aromatic hydroxyl groups is 1. The molecule has 3 rings (SSSR count). The van der Waals surface area contributed by atoms with Gasteiger partial charge in [-0.1, -0.05) is 63.6 Å². The number of phenols is 1. The standard InChI is InChI=1S/C27H33NO2S/c1-17(2)26-22(14-15-29)25(21-8-6-7-9-24(21)30)23(27(28-26)18(3)4)16-31-20-12-10-19(5)11-13-20/h6-13,17-18,29-30H,14-16H2,1-5H3. The minimum Gasteiger partial charge on any atom is -0.507 e. The fraction of sp³-hybridized carbons (Fsp3) is 0.370. The van der Waals surface area contributed by atoms with Crippen molar-refractivity contribution in [2.24, 2.45) is 0 Å². The Labute approximate surface area is 190 Å². The molecule has 2 aromatic carbocycles. The van der Waals surface area contributed by atoms with Gasteiger partial charge in [0.25, 0.3) is 0 Å². The molecule has 3 aromatic rings. The third kappa shape index (κ3) is 5.31. The van der Waals surface area contributed by atoms with Crippen molar-refractivity contribution in [3.8, 4) is 16.9 Å². The van der Waals surface area contributed by atoms with E-state index in [1.54, 1.807) is 17.8 Å². The second kappa shape index (κ2) is 10.3. The van der Waals surface area contributed by atoms with E-state index in [9.17, 15) is 10.2 Å². The van der Waals surface area contributed by atoms with Gasteiger partial charge in [0.1, 0.15) is 5.75 Å². The lowest BCUT2D eigenvalue weighted by Crippen LogP contribution is -2.13. The van der Waals surface area contributed by atoms with Crippen LogP contribution in [0.1, 0.15) is 67.6 Å². The summed E-state index contributed by atoms with van der Waals surface area (Å²) < 4.78 is 0. The molecule has 0 aliphatic heterocycles. The molecule has 1 heterocycles. The number of aryl methyl sites for hydroxylation is 1. The zero-order valence-corrected chi connectivity index (χ0v) is 20.0. The predicted molar refractivity (Wildman–Crippen MR) is 131 cm³/mol. The van der Waals surface area contributed by atoms with Crippen molar-refractivity contribution < 1.29 is 10.2 Å². The molecule has 0 aliphatic rings. The van der Waals surface area contributed by atoms with E-state index in [1.807, 2.05) is 18.2 Å². The van der Waals surface area contributed by atoms with E-state index in [1.165, 1.54) is 10.5 Å². The largest absolute Gasteiger partial charge is 0.507 e. The van der Waals surface area contributed by atoms with Crippen LogP contribution in [0.15, 0.2) is 53.4 Å². The molecule has 1 aromatic heterocycles. The molecule has 0 amide bonds. The first-order chi connectivity index (χ1) is 14.8. The number of pyridine rings is 1. The molecule has 0 atom stereocenters. The summed E-state index contributed by atoms with van der Waals surface area (Å²) >= 11 is 1.79. The summed E-state index contributed by atoms with van der Waals surface area (Å²) in [5.74, 6) is 1.49. The maximum atomic E-state index is 10.8. The first-order valence-electron chi connectivity index (χ1n) is 11.0. The molecular formula is C27H33NO2S. The van der Waals surface area contributed by atoms with Gasteiger partial charge >= 0.3 is 0 Å². The molecule has 0 unspecified atom stereocenters. The highest BCUT2D eigenvalue weighted by Crippen LogP contribution is 2.42. The Morgan fingerprint density at radius 2 is 1.48 bits per heavy atom. The summed E-state index contributed by atoms with van der Waals surface area (Å²) in [5.41, 5.74) is 7.38. The van der Waals surface area contributed by atoms with Crippen LogP contribution in [0.25, 0.3) is 11.1 Å². The Balaban J connectivity index is 2.25. The maximum Gasteiger partial charge on any atom is 0.123 e. The Hall–Kier alpha value is -2.30. The van der Waals surface area contributed by atoms with E-state index in [4.69, 9.17) is 4.98 Å². The van der Waals surface area contributed by atoms with Crippen molar-refractivity contribution in [1.82, 2.24) is 4.98 Å². The van der Waals surface area contributed by atoms with Crippen LogP contribution in [0, 0.1) is 6.92 Å². The Bertz CT molecular complexity index is 1030. The van der Waals surface area contributed by atoms with E-state index in [2.05, 4.69) is 58.9 Å². The fourth-order valence-electron chi connectivity index (χ4n) is 3.97. The Kier molecular flexibility index (Phi) is 7.79.